The van der Waals surface area contributed by atoms with Crippen LogP contribution in [0.15, 0.2) is 15.9 Å². The summed E-state index contributed by atoms with van der Waals surface area (Å²) in [5.41, 5.74) is 0.0119. The van der Waals surface area contributed by atoms with Gasteiger partial charge in [-0.1, -0.05) is 0 Å². The van der Waals surface area contributed by atoms with Crippen LogP contribution in [0.1, 0.15) is 0 Å². The number of nitrogens with zero attached hydrogens (tertiary/aromatic N) is 3. The molecule has 0 spiro atoms. The molecule has 0 fully saturated rings. The second-order valence-electron chi connectivity index (χ2n) is 3.25. The van der Waals surface area contributed by atoms with Gasteiger partial charge in [-0.25, -0.2) is 9.78 Å². The van der Waals surface area contributed by atoms with E-state index >= 15 is 0 Å². The fraction of sp³-hybridized carbons (Fsp3) is 0.286. The second kappa shape index (κ2) is 4.72. The summed E-state index contributed by atoms with van der Waals surface area (Å²) in [5.74, 6) is 0. The molecule has 2 rings (SSSR count). The first kappa shape index (κ1) is 14.1. The van der Waals surface area contributed by atoms with Gasteiger partial charge >= 0.3 is 16.1 Å². The van der Waals surface area contributed by atoms with E-state index in [0.29, 0.717) is 11.2 Å². The highest BCUT2D eigenvalue weighted by molar-refractivity contribution is 7.79. The van der Waals surface area contributed by atoms with E-state index in [1.165, 1.54) is 17.9 Å². The minimum atomic E-state index is -4.67. The van der Waals surface area contributed by atoms with Crippen molar-refractivity contribution in [3.63, 3.8) is 0 Å². The molecule has 0 radical (unpaired) electrons. The number of nitrogens with one attached hydrogen (secondary N) is 1. The monoisotopic (exact) mass is 278 g/mol. The van der Waals surface area contributed by atoms with Gasteiger partial charge in [-0.3, -0.25) is 23.0 Å². The van der Waals surface area contributed by atoms with Crippen LogP contribution in [0.25, 0.3) is 11.2 Å². The van der Waals surface area contributed by atoms with Gasteiger partial charge in [0.2, 0.25) is 0 Å². The van der Waals surface area contributed by atoms with Crippen LogP contribution in [0.2, 0.25) is 0 Å². The van der Waals surface area contributed by atoms with E-state index in [4.69, 9.17) is 17.5 Å². The lowest BCUT2D eigenvalue weighted by atomic mass is 10.5. The topological polar surface area (TPSA) is 147 Å². The first-order chi connectivity index (χ1) is 8.13. The Hall–Kier alpha value is -1.98. The van der Waals surface area contributed by atoms with E-state index in [1.54, 1.807) is 7.05 Å². The Bertz CT molecular complexity index is 774. The zero-order valence-corrected chi connectivity index (χ0v) is 10.2. The molecule has 0 bridgehead atoms. The normalized spacial score (nSPS) is 11.1. The molecule has 2 aromatic heterocycles. The minimum Gasteiger partial charge on any atom is -0.339 e. The first-order valence-corrected chi connectivity index (χ1v) is 5.81. The maximum Gasteiger partial charge on any atom is 0.394 e. The summed E-state index contributed by atoms with van der Waals surface area (Å²) in [4.78, 5) is 29.4. The molecule has 0 atom stereocenters. The van der Waals surface area contributed by atoms with Crippen molar-refractivity contribution in [2.45, 2.75) is 0 Å². The van der Waals surface area contributed by atoms with Gasteiger partial charge in [-0.05, 0) is 0 Å². The van der Waals surface area contributed by atoms with E-state index in [0.717, 1.165) is 4.57 Å². The van der Waals surface area contributed by atoms with Crippen molar-refractivity contribution in [1.29, 1.82) is 0 Å². The van der Waals surface area contributed by atoms with Crippen molar-refractivity contribution >= 4 is 21.6 Å². The highest BCUT2D eigenvalue weighted by atomic mass is 32.3. The van der Waals surface area contributed by atoms with Gasteiger partial charge < -0.3 is 4.98 Å². The lowest BCUT2D eigenvalue weighted by Gasteiger charge is -2.00. The Morgan fingerprint density at radius 3 is 2.22 bits per heavy atom. The number of H-pyrrole nitrogens is 1. The maximum atomic E-state index is 11.4. The largest absolute Gasteiger partial charge is 0.394 e. The highest BCUT2D eigenvalue weighted by Gasteiger charge is 2.08. The Morgan fingerprint density at radius 1 is 1.22 bits per heavy atom. The third-order valence-electron chi connectivity index (χ3n) is 2.03. The Balaban J connectivity index is 0.000000280. The molecule has 10 nitrogen and oxygen atoms in total. The van der Waals surface area contributed by atoms with E-state index in [1.807, 2.05) is 0 Å². The Morgan fingerprint density at radius 2 is 1.72 bits per heavy atom. The Labute approximate surface area is 100 Å². The summed E-state index contributed by atoms with van der Waals surface area (Å²) in [6, 6.07) is 0. The zero-order valence-electron chi connectivity index (χ0n) is 9.35. The van der Waals surface area contributed by atoms with E-state index < -0.39 is 10.4 Å². The average Bonchev–Trinajstić information content (AvgIpc) is 2.70. The predicted molar refractivity (Wildman–Crippen MR) is 60.8 cm³/mol. The molecular formula is C7H10N4O6S. The van der Waals surface area contributed by atoms with Crippen molar-refractivity contribution in [2.75, 3.05) is 0 Å². The number of aromatic nitrogens is 4. The van der Waals surface area contributed by atoms with Crippen molar-refractivity contribution in [3.8, 4) is 0 Å². The molecule has 11 heteroatoms. The van der Waals surface area contributed by atoms with Crippen LogP contribution in [0.4, 0.5) is 0 Å². The van der Waals surface area contributed by atoms with Gasteiger partial charge in [0.05, 0.1) is 6.33 Å². The molecule has 0 aromatic carbocycles. The molecule has 0 aliphatic heterocycles. The second-order valence-corrected chi connectivity index (χ2v) is 4.15. The molecule has 0 saturated heterocycles. The molecule has 100 valence electrons. The lowest BCUT2D eigenvalue weighted by Crippen LogP contribution is -2.36. The number of hydrogen-bond acceptors (Lipinski definition) is 5. The molecule has 0 aliphatic rings. The third-order valence-corrected chi connectivity index (χ3v) is 2.03. The molecule has 2 heterocycles. The van der Waals surface area contributed by atoms with Gasteiger partial charge in [-0.15, -0.1) is 0 Å². The Kier molecular flexibility index (Phi) is 3.69. The average molecular weight is 278 g/mol. The lowest BCUT2D eigenvalue weighted by molar-refractivity contribution is 0.381. The third kappa shape index (κ3) is 3.03. The minimum absolute atomic E-state index is 0.351. The fourth-order valence-electron chi connectivity index (χ4n) is 1.27. The number of rotatable bonds is 0. The standard InChI is InChI=1S/C7H8N4O2.H2O4S/c1-10-5-4(8-3-9-5)6(12)11(2)7(10)13;1-5(2,3)4/h3H,1-2H3,(H,8,9);(H2,1,2,3,4). The van der Waals surface area contributed by atoms with E-state index in [-0.39, 0.29) is 11.2 Å². The molecule has 2 aromatic rings. The highest BCUT2D eigenvalue weighted by Crippen LogP contribution is 1.97. The molecule has 0 unspecified atom stereocenters. The summed E-state index contributed by atoms with van der Waals surface area (Å²) < 4.78 is 34.0. The zero-order chi connectivity index (χ0) is 14.1. The molecular weight excluding hydrogens is 268 g/mol. The molecule has 18 heavy (non-hydrogen) atoms. The molecule has 0 amide bonds. The smallest absolute Gasteiger partial charge is 0.339 e. The number of fused-ring (bicyclic) bond motifs is 1. The summed E-state index contributed by atoms with van der Waals surface area (Å²) >= 11 is 0. The predicted octanol–water partition coefficient (Wildman–Crippen LogP) is -1.69. The number of imidazole rings is 1. The van der Waals surface area contributed by atoms with Crippen LogP contribution in [0.5, 0.6) is 0 Å². The number of aryl methyl sites for hydroxylation is 1. The number of hydrogen-bond donors (Lipinski definition) is 3. The maximum absolute atomic E-state index is 11.4. The molecule has 3 N–H and O–H groups in total. The molecule has 0 aliphatic carbocycles. The first-order valence-electron chi connectivity index (χ1n) is 4.42. The van der Waals surface area contributed by atoms with Crippen LogP contribution in [0.3, 0.4) is 0 Å². The van der Waals surface area contributed by atoms with Crippen LogP contribution in [-0.2, 0) is 24.5 Å². The summed E-state index contributed by atoms with van der Waals surface area (Å²) in [6.07, 6.45) is 1.39. The summed E-state index contributed by atoms with van der Waals surface area (Å²) in [5, 5.41) is 0. The van der Waals surface area contributed by atoms with Crippen LogP contribution in [0, 0.1) is 0 Å². The quantitative estimate of drug-likeness (QED) is 0.487. The van der Waals surface area contributed by atoms with Gasteiger partial charge in [0.15, 0.2) is 5.65 Å². The van der Waals surface area contributed by atoms with Gasteiger partial charge in [0, 0.05) is 14.1 Å². The van der Waals surface area contributed by atoms with Gasteiger partial charge in [-0.2, -0.15) is 8.42 Å². The number of aromatic amines is 1. The fourth-order valence-corrected chi connectivity index (χ4v) is 1.27. The van der Waals surface area contributed by atoms with Crippen molar-refractivity contribution in [1.82, 2.24) is 19.1 Å². The van der Waals surface area contributed by atoms with E-state index in [2.05, 4.69) is 9.97 Å². The SMILES string of the molecule is Cn1c(=O)c2[nH]cnc2n(C)c1=O.O=S(=O)(O)O. The summed E-state index contributed by atoms with van der Waals surface area (Å²) in [7, 11) is -1.66. The van der Waals surface area contributed by atoms with Crippen molar-refractivity contribution in [3.05, 3.63) is 27.2 Å². The van der Waals surface area contributed by atoms with Crippen LogP contribution < -0.4 is 11.2 Å². The van der Waals surface area contributed by atoms with Crippen molar-refractivity contribution in [2.24, 2.45) is 14.1 Å². The molecule has 0 saturated carbocycles. The van der Waals surface area contributed by atoms with Gasteiger partial charge in [0.25, 0.3) is 5.56 Å². The van der Waals surface area contributed by atoms with Crippen molar-refractivity contribution < 1.29 is 17.5 Å². The van der Waals surface area contributed by atoms with Crippen LogP contribution in [-0.4, -0.2) is 36.6 Å². The summed E-state index contributed by atoms with van der Waals surface area (Å²) in [6.45, 7) is 0. The van der Waals surface area contributed by atoms with Crippen LogP contribution >= 0.6 is 0 Å². The van der Waals surface area contributed by atoms with Gasteiger partial charge in [0.1, 0.15) is 5.52 Å². The van der Waals surface area contributed by atoms with E-state index in [9.17, 15) is 9.59 Å².